The van der Waals surface area contributed by atoms with Gasteiger partial charge in [0.25, 0.3) is 11.6 Å². The lowest BCUT2D eigenvalue weighted by Gasteiger charge is -2.36. The van der Waals surface area contributed by atoms with Crippen molar-refractivity contribution in [2.24, 2.45) is 0 Å². The van der Waals surface area contributed by atoms with Gasteiger partial charge >= 0.3 is 0 Å². The largest absolute Gasteiger partial charge is 0.368 e. The van der Waals surface area contributed by atoms with Crippen molar-refractivity contribution in [1.82, 2.24) is 4.90 Å². The highest BCUT2D eigenvalue weighted by atomic mass is 16.6. The number of non-ortho nitro benzene ring substituents is 1. The Labute approximate surface area is 197 Å². The molecule has 1 N–H and O–H groups in total. The quantitative estimate of drug-likeness (QED) is 0.341. The molecule has 2 amide bonds. The highest BCUT2D eigenvalue weighted by Gasteiger charge is 2.22. The fraction of sp³-hybridized carbons (Fsp3) is 0.154. The minimum Gasteiger partial charge on any atom is -0.368 e. The van der Waals surface area contributed by atoms with Crippen LogP contribution in [0.2, 0.25) is 0 Å². The molecular weight excluding hydrogens is 432 g/mol. The van der Waals surface area contributed by atoms with Gasteiger partial charge < -0.3 is 15.1 Å². The van der Waals surface area contributed by atoms with Gasteiger partial charge in [-0.05, 0) is 48.0 Å². The molecule has 1 aliphatic rings. The average molecular weight is 457 g/mol. The molecule has 0 spiro atoms. The fourth-order valence-electron chi connectivity index (χ4n) is 3.78. The summed E-state index contributed by atoms with van der Waals surface area (Å²) in [6.45, 7) is 2.76. The van der Waals surface area contributed by atoms with Gasteiger partial charge in [-0.25, -0.2) is 0 Å². The summed E-state index contributed by atoms with van der Waals surface area (Å²) in [6, 6.07) is 22.9. The number of nitrogens with zero attached hydrogens (tertiary/aromatic N) is 3. The van der Waals surface area contributed by atoms with Gasteiger partial charge in [0.2, 0.25) is 5.91 Å². The van der Waals surface area contributed by atoms with Crippen LogP contribution < -0.4 is 10.2 Å². The number of piperazine rings is 1. The molecule has 1 saturated heterocycles. The van der Waals surface area contributed by atoms with E-state index < -0.39 is 4.92 Å². The highest BCUT2D eigenvalue weighted by Crippen LogP contribution is 2.20. The van der Waals surface area contributed by atoms with E-state index in [4.69, 9.17) is 0 Å². The Morgan fingerprint density at radius 1 is 0.882 bits per heavy atom. The third-order valence-corrected chi connectivity index (χ3v) is 5.60. The number of nitrogens with one attached hydrogen (secondary N) is 1. The molecule has 1 heterocycles. The van der Waals surface area contributed by atoms with Crippen LogP contribution >= 0.6 is 0 Å². The molecule has 4 rings (SSSR count). The van der Waals surface area contributed by atoms with Crippen molar-refractivity contribution in [3.8, 4) is 0 Å². The molecule has 3 aromatic carbocycles. The van der Waals surface area contributed by atoms with Crippen molar-refractivity contribution in [1.29, 1.82) is 0 Å². The zero-order valence-electron chi connectivity index (χ0n) is 18.5. The highest BCUT2D eigenvalue weighted by molar-refractivity contribution is 6.02. The van der Waals surface area contributed by atoms with E-state index in [2.05, 4.69) is 10.2 Å². The maximum atomic E-state index is 12.6. The smallest absolute Gasteiger partial charge is 0.270 e. The molecule has 0 bridgehead atoms. The number of carbonyl (C=O) groups is 2. The molecule has 172 valence electrons. The molecule has 0 saturated carbocycles. The first kappa shape index (κ1) is 22.7. The van der Waals surface area contributed by atoms with E-state index in [1.807, 2.05) is 59.5 Å². The number of rotatable bonds is 6. The molecule has 0 radical (unpaired) electrons. The molecule has 0 aromatic heterocycles. The molecule has 8 heteroatoms. The SMILES string of the molecule is O=C(/C=C/c1cccc([N+](=O)[O-])c1)Nc1ccc(N2CCN(C(=O)c3ccccc3)CC2)cc1. The minimum atomic E-state index is -0.472. The predicted octanol–water partition coefficient (Wildman–Crippen LogP) is 4.21. The summed E-state index contributed by atoms with van der Waals surface area (Å²) in [5.41, 5.74) is 2.93. The summed E-state index contributed by atoms with van der Waals surface area (Å²) < 4.78 is 0. The Morgan fingerprint density at radius 2 is 1.59 bits per heavy atom. The second-order valence-corrected chi connectivity index (χ2v) is 7.87. The number of hydrogen-bond donors (Lipinski definition) is 1. The number of hydrogen-bond acceptors (Lipinski definition) is 5. The number of anilines is 2. The fourth-order valence-corrected chi connectivity index (χ4v) is 3.78. The Balaban J connectivity index is 1.29. The maximum Gasteiger partial charge on any atom is 0.270 e. The molecular formula is C26H24N4O4. The predicted molar refractivity (Wildman–Crippen MR) is 132 cm³/mol. The van der Waals surface area contributed by atoms with Crippen LogP contribution in [0.25, 0.3) is 6.08 Å². The molecule has 0 unspecified atom stereocenters. The lowest BCUT2D eigenvalue weighted by molar-refractivity contribution is -0.384. The Morgan fingerprint density at radius 3 is 2.26 bits per heavy atom. The molecule has 1 aliphatic heterocycles. The van der Waals surface area contributed by atoms with Gasteiger partial charge in [0.05, 0.1) is 4.92 Å². The first-order chi connectivity index (χ1) is 16.5. The van der Waals surface area contributed by atoms with Gasteiger partial charge in [0.1, 0.15) is 0 Å². The summed E-state index contributed by atoms with van der Waals surface area (Å²) in [6.07, 6.45) is 2.88. The zero-order valence-corrected chi connectivity index (χ0v) is 18.5. The summed E-state index contributed by atoms with van der Waals surface area (Å²) in [5.74, 6) is -0.274. The third kappa shape index (κ3) is 5.66. The number of benzene rings is 3. The monoisotopic (exact) mass is 456 g/mol. The molecule has 0 aliphatic carbocycles. The molecule has 0 atom stereocenters. The van der Waals surface area contributed by atoms with Crippen LogP contribution in [-0.2, 0) is 4.79 Å². The van der Waals surface area contributed by atoms with Crippen molar-refractivity contribution in [3.63, 3.8) is 0 Å². The lowest BCUT2D eigenvalue weighted by atomic mass is 10.1. The van der Waals surface area contributed by atoms with Gasteiger partial charge in [-0.3, -0.25) is 19.7 Å². The van der Waals surface area contributed by atoms with Gasteiger partial charge in [-0.1, -0.05) is 30.3 Å². The van der Waals surface area contributed by atoms with Crippen LogP contribution in [0.5, 0.6) is 0 Å². The van der Waals surface area contributed by atoms with Crippen LogP contribution in [0.15, 0.2) is 84.9 Å². The van der Waals surface area contributed by atoms with E-state index in [0.717, 1.165) is 18.8 Å². The van der Waals surface area contributed by atoms with Crippen LogP contribution in [0.4, 0.5) is 17.1 Å². The van der Waals surface area contributed by atoms with Crippen molar-refractivity contribution in [3.05, 3.63) is 106 Å². The van der Waals surface area contributed by atoms with Crippen molar-refractivity contribution in [2.75, 3.05) is 36.4 Å². The van der Waals surface area contributed by atoms with Gasteiger partial charge in [-0.15, -0.1) is 0 Å². The van der Waals surface area contributed by atoms with Crippen LogP contribution in [0, 0.1) is 10.1 Å². The molecule has 3 aromatic rings. The van der Waals surface area contributed by atoms with E-state index >= 15 is 0 Å². The summed E-state index contributed by atoms with van der Waals surface area (Å²) in [5, 5.41) is 13.6. The summed E-state index contributed by atoms with van der Waals surface area (Å²) in [4.78, 5) is 39.3. The van der Waals surface area contributed by atoms with Crippen LogP contribution in [-0.4, -0.2) is 47.8 Å². The van der Waals surface area contributed by atoms with Crippen molar-refractivity contribution < 1.29 is 14.5 Å². The first-order valence-electron chi connectivity index (χ1n) is 10.9. The van der Waals surface area contributed by atoms with Crippen LogP contribution in [0.1, 0.15) is 15.9 Å². The van der Waals surface area contributed by atoms with Crippen molar-refractivity contribution in [2.45, 2.75) is 0 Å². The van der Waals surface area contributed by atoms with Gasteiger partial charge in [0, 0.05) is 61.3 Å². The molecule has 34 heavy (non-hydrogen) atoms. The number of nitro groups is 1. The van der Waals surface area contributed by atoms with Crippen molar-refractivity contribution >= 4 is 35.0 Å². The number of nitro benzene ring substituents is 1. The molecule has 8 nitrogen and oxygen atoms in total. The standard InChI is InChI=1S/C26H24N4O4/c31-25(14-9-20-5-4-8-24(19-20)30(33)34)27-22-10-12-23(13-11-22)28-15-17-29(18-16-28)26(32)21-6-2-1-3-7-21/h1-14,19H,15-18H2,(H,27,31)/b14-9+. The van der Waals surface area contributed by atoms with E-state index in [0.29, 0.717) is 29.9 Å². The topological polar surface area (TPSA) is 95.8 Å². The maximum absolute atomic E-state index is 12.6. The Kier molecular flexibility index (Phi) is 6.98. The van der Waals surface area contributed by atoms with E-state index in [1.165, 1.54) is 24.3 Å². The van der Waals surface area contributed by atoms with Gasteiger partial charge in [0.15, 0.2) is 0 Å². The first-order valence-corrected chi connectivity index (χ1v) is 10.9. The third-order valence-electron chi connectivity index (χ3n) is 5.60. The zero-order chi connectivity index (χ0) is 23.9. The summed E-state index contributed by atoms with van der Waals surface area (Å²) >= 11 is 0. The average Bonchev–Trinajstić information content (AvgIpc) is 2.88. The van der Waals surface area contributed by atoms with E-state index in [1.54, 1.807) is 12.1 Å². The lowest BCUT2D eigenvalue weighted by Crippen LogP contribution is -2.48. The number of amides is 2. The summed E-state index contributed by atoms with van der Waals surface area (Å²) in [7, 11) is 0. The Bertz CT molecular complexity index is 1200. The Hall–Kier alpha value is -4.46. The van der Waals surface area contributed by atoms with Gasteiger partial charge in [-0.2, -0.15) is 0 Å². The normalized spacial score (nSPS) is 13.6. The number of carbonyl (C=O) groups excluding carboxylic acids is 2. The molecule has 1 fully saturated rings. The van der Waals surface area contributed by atoms with Crippen LogP contribution in [0.3, 0.4) is 0 Å². The van der Waals surface area contributed by atoms with E-state index in [9.17, 15) is 19.7 Å². The van der Waals surface area contributed by atoms with E-state index in [-0.39, 0.29) is 17.5 Å². The second kappa shape index (κ2) is 10.4. The second-order valence-electron chi connectivity index (χ2n) is 7.87. The minimum absolute atomic E-state index is 0.0246.